The molecule has 0 spiro atoms. The van der Waals surface area contributed by atoms with Crippen LogP contribution < -0.4 is 5.32 Å². The summed E-state index contributed by atoms with van der Waals surface area (Å²) in [4.78, 5) is 0. The van der Waals surface area contributed by atoms with Crippen molar-refractivity contribution in [2.45, 2.75) is 6.54 Å². The van der Waals surface area contributed by atoms with Crippen molar-refractivity contribution in [1.29, 1.82) is 0 Å². The van der Waals surface area contributed by atoms with E-state index in [-0.39, 0.29) is 5.75 Å². The largest absolute Gasteiger partial charge is 0.506 e. The van der Waals surface area contributed by atoms with Gasteiger partial charge in [-0.2, -0.15) is 0 Å². The standard InChI is InChI=1S/C14H12ClN5O/c15-13-7-10(1-6-14(13)21)8-16-11-2-4-12(5-3-11)20-9-17-18-19-20/h1-7,9,16,21H,8H2. The third kappa shape index (κ3) is 3.11. The number of aromatic hydroxyl groups is 1. The fraction of sp³-hybridized carbons (Fsp3) is 0.0714. The average molecular weight is 302 g/mol. The first-order valence-electron chi connectivity index (χ1n) is 6.27. The van der Waals surface area contributed by atoms with E-state index in [0.29, 0.717) is 11.6 Å². The molecule has 0 aliphatic heterocycles. The van der Waals surface area contributed by atoms with Crippen LogP contribution in [-0.2, 0) is 6.54 Å². The van der Waals surface area contributed by atoms with Gasteiger partial charge in [0.2, 0.25) is 0 Å². The number of nitrogens with one attached hydrogen (secondary N) is 1. The topological polar surface area (TPSA) is 75.9 Å². The van der Waals surface area contributed by atoms with E-state index in [4.69, 9.17) is 11.6 Å². The molecule has 3 rings (SSSR count). The Hall–Kier alpha value is -2.60. The van der Waals surface area contributed by atoms with Gasteiger partial charge in [0.15, 0.2) is 0 Å². The van der Waals surface area contributed by atoms with Crippen LogP contribution in [0.4, 0.5) is 5.69 Å². The summed E-state index contributed by atoms with van der Waals surface area (Å²) >= 11 is 5.87. The van der Waals surface area contributed by atoms with E-state index in [1.54, 1.807) is 23.1 Å². The summed E-state index contributed by atoms with van der Waals surface area (Å²) in [5.41, 5.74) is 2.84. The van der Waals surface area contributed by atoms with Gasteiger partial charge in [-0.3, -0.25) is 0 Å². The molecule has 2 N–H and O–H groups in total. The number of aromatic nitrogens is 4. The summed E-state index contributed by atoms with van der Waals surface area (Å²) in [6.45, 7) is 0.615. The van der Waals surface area contributed by atoms with E-state index in [2.05, 4.69) is 20.8 Å². The number of hydrogen-bond donors (Lipinski definition) is 2. The summed E-state index contributed by atoms with van der Waals surface area (Å²) in [5, 5.41) is 24.0. The molecule has 0 amide bonds. The van der Waals surface area contributed by atoms with Crippen molar-refractivity contribution in [3.8, 4) is 11.4 Å². The summed E-state index contributed by atoms with van der Waals surface area (Å²) in [6.07, 6.45) is 1.54. The number of phenols is 1. The molecule has 0 aliphatic rings. The molecule has 0 saturated carbocycles. The van der Waals surface area contributed by atoms with Gasteiger partial charge in [-0.25, -0.2) is 4.68 Å². The molecule has 0 bridgehead atoms. The van der Waals surface area contributed by atoms with Crippen LogP contribution in [0.5, 0.6) is 5.75 Å². The average Bonchev–Trinajstić information content (AvgIpc) is 3.03. The second kappa shape index (κ2) is 5.80. The molecule has 1 aromatic heterocycles. The van der Waals surface area contributed by atoms with Gasteiger partial charge >= 0.3 is 0 Å². The minimum atomic E-state index is 0.0891. The second-order valence-corrected chi connectivity index (χ2v) is 4.85. The minimum absolute atomic E-state index is 0.0891. The zero-order chi connectivity index (χ0) is 14.7. The van der Waals surface area contributed by atoms with Gasteiger partial charge in [0.05, 0.1) is 10.7 Å². The predicted molar refractivity (Wildman–Crippen MR) is 79.6 cm³/mol. The lowest BCUT2D eigenvalue weighted by Crippen LogP contribution is -2.00. The van der Waals surface area contributed by atoms with Crippen molar-refractivity contribution in [2.24, 2.45) is 0 Å². The monoisotopic (exact) mass is 301 g/mol. The number of benzene rings is 2. The van der Waals surface area contributed by atoms with Gasteiger partial charge in [0.1, 0.15) is 12.1 Å². The minimum Gasteiger partial charge on any atom is -0.506 e. The molecule has 3 aromatic rings. The Morgan fingerprint density at radius 1 is 1.14 bits per heavy atom. The van der Waals surface area contributed by atoms with Crippen LogP contribution >= 0.6 is 11.6 Å². The van der Waals surface area contributed by atoms with Crippen LogP contribution in [0.25, 0.3) is 5.69 Å². The number of halogens is 1. The SMILES string of the molecule is Oc1ccc(CNc2ccc(-n3cnnn3)cc2)cc1Cl. The Balaban J connectivity index is 1.66. The van der Waals surface area contributed by atoms with Crippen molar-refractivity contribution in [3.05, 3.63) is 59.4 Å². The summed E-state index contributed by atoms with van der Waals surface area (Å²) in [5.74, 6) is 0.0891. The Bertz CT molecular complexity index is 728. The van der Waals surface area contributed by atoms with Gasteiger partial charge < -0.3 is 10.4 Å². The zero-order valence-corrected chi connectivity index (χ0v) is 11.7. The first-order valence-corrected chi connectivity index (χ1v) is 6.65. The molecular weight excluding hydrogens is 290 g/mol. The highest BCUT2D eigenvalue weighted by Crippen LogP contribution is 2.24. The molecule has 0 saturated heterocycles. The van der Waals surface area contributed by atoms with Gasteiger partial charge in [-0.1, -0.05) is 17.7 Å². The van der Waals surface area contributed by atoms with E-state index < -0.39 is 0 Å². The Labute approximate surface area is 126 Å². The van der Waals surface area contributed by atoms with E-state index in [1.165, 1.54) is 0 Å². The van der Waals surface area contributed by atoms with Crippen molar-refractivity contribution in [3.63, 3.8) is 0 Å². The Morgan fingerprint density at radius 2 is 1.95 bits per heavy atom. The highest BCUT2D eigenvalue weighted by atomic mass is 35.5. The smallest absolute Gasteiger partial charge is 0.143 e. The molecule has 106 valence electrons. The first kappa shape index (κ1) is 13.4. The number of tetrazole rings is 1. The third-order valence-electron chi connectivity index (χ3n) is 2.99. The number of hydrogen-bond acceptors (Lipinski definition) is 5. The van der Waals surface area contributed by atoms with Crippen LogP contribution in [0.15, 0.2) is 48.8 Å². The number of nitrogens with zero attached hydrogens (tertiary/aromatic N) is 4. The van der Waals surface area contributed by atoms with Crippen LogP contribution in [0.3, 0.4) is 0 Å². The molecule has 0 atom stereocenters. The molecule has 7 heteroatoms. The lowest BCUT2D eigenvalue weighted by Gasteiger charge is -2.08. The lowest BCUT2D eigenvalue weighted by molar-refractivity contribution is 0.475. The van der Waals surface area contributed by atoms with Crippen molar-refractivity contribution < 1.29 is 5.11 Å². The van der Waals surface area contributed by atoms with E-state index in [9.17, 15) is 5.11 Å². The number of anilines is 1. The maximum atomic E-state index is 9.38. The fourth-order valence-electron chi connectivity index (χ4n) is 1.88. The Kier molecular flexibility index (Phi) is 3.70. The lowest BCUT2D eigenvalue weighted by atomic mass is 10.2. The highest BCUT2D eigenvalue weighted by molar-refractivity contribution is 6.32. The van der Waals surface area contributed by atoms with Crippen LogP contribution in [0, 0.1) is 0 Å². The molecule has 21 heavy (non-hydrogen) atoms. The second-order valence-electron chi connectivity index (χ2n) is 4.44. The zero-order valence-electron chi connectivity index (χ0n) is 10.9. The third-order valence-corrected chi connectivity index (χ3v) is 3.29. The maximum Gasteiger partial charge on any atom is 0.143 e. The molecule has 2 aromatic carbocycles. The summed E-state index contributed by atoms with van der Waals surface area (Å²) in [7, 11) is 0. The molecular formula is C14H12ClN5O. The van der Waals surface area contributed by atoms with Crippen molar-refractivity contribution >= 4 is 17.3 Å². The highest BCUT2D eigenvalue weighted by Gasteiger charge is 2.01. The molecule has 0 radical (unpaired) electrons. The van der Waals surface area contributed by atoms with Gasteiger partial charge in [-0.15, -0.1) is 5.10 Å². The molecule has 0 aliphatic carbocycles. The normalized spacial score (nSPS) is 10.5. The van der Waals surface area contributed by atoms with E-state index in [1.807, 2.05) is 30.3 Å². The van der Waals surface area contributed by atoms with Gasteiger partial charge in [-0.05, 0) is 52.4 Å². The molecule has 6 nitrogen and oxygen atoms in total. The number of rotatable bonds is 4. The van der Waals surface area contributed by atoms with Crippen LogP contribution in [0.1, 0.15) is 5.56 Å². The van der Waals surface area contributed by atoms with Crippen molar-refractivity contribution in [2.75, 3.05) is 5.32 Å². The van der Waals surface area contributed by atoms with Gasteiger partial charge in [0.25, 0.3) is 0 Å². The van der Waals surface area contributed by atoms with Crippen LogP contribution in [-0.4, -0.2) is 25.3 Å². The van der Waals surface area contributed by atoms with Crippen LogP contribution in [0.2, 0.25) is 5.02 Å². The maximum absolute atomic E-state index is 9.38. The fourth-order valence-corrected chi connectivity index (χ4v) is 2.08. The molecule has 0 unspecified atom stereocenters. The Morgan fingerprint density at radius 3 is 2.62 bits per heavy atom. The van der Waals surface area contributed by atoms with E-state index >= 15 is 0 Å². The number of phenolic OH excluding ortho intramolecular Hbond substituents is 1. The quantitative estimate of drug-likeness (QED) is 0.775. The molecule has 0 fully saturated rings. The van der Waals surface area contributed by atoms with Gasteiger partial charge in [0, 0.05) is 12.2 Å². The summed E-state index contributed by atoms with van der Waals surface area (Å²) in [6, 6.07) is 12.9. The van der Waals surface area contributed by atoms with E-state index in [0.717, 1.165) is 16.9 Å². The first-order chi connectivity index (χ1) is 10.2. The van der Waals surface area contributed by atoms with Crippen molar-refractivity contribution in [1.82, 2.24) is 20.2 Å². The summed E-state index contributed by atoms with van der Waals surface area (Å²) < 4.78 is 1.59. The molecule has 1 heterocycles. The predicted octanol–water partition coefficient (Wildman–Crippen LogP) is 2.63.